The van der Waals surface area contributed by atoms with Crippen molar-refractivity contribution < 1.29 is 27.5 Å². The van der Waals surface area contributed by atoms with Crippen molar-refractivity contribution in [1.29, 1.82) is 0 Å². The second kappa shape index (κ2) is 7.76. The van der Waals surface area contributed by atoms with Crippen molar-refractivity contribution in [2.75, 3.05) is 11.9 Å². The van der Waals surface area contributed by atoms with E-state index in [-0.39, 0.29) is 21.3 Å². The first-order valence-electron chi connectivity index (χ1n) is 6.76. The van der Waals surface area contributed by atoms with Gasteiger partial charge in [-0.25, -0.2) is 4.79 Å². The first-order valence-corrected chi connectivity index (χ1v) is 7.52. The molecule has 0 heterocycles. The number of alkyl halides is 3. The predicted molar refractivity (Wildman–Crippen MR) is 86.8 cm³/mol. The molecule has 0 radical (unpaired) electrons. The Hall–Kier alpha value is -2.25. The summed E-state index contributed by atoms with van der Waals surface area (Å²) in [4.78, 5) is 23.5. The van der Waals surface area contributed by atoms with Gasteiger partial charge in [0, 0.05) is 0 Å². The van der Waals surface area contributed by atoms with Crippen LogP contribution in [-0.2, 0) is 15.7 Å². The number of para-hydroxylation sites is 1. The molecular formula is C16H10Cl2F3NO3. The summed E-state index contributed by atoms with van der Waals surface area (Å²) in [7, 11) is 0. The highest BCUT2D eigenvalue weighted by atomic mass is 35.5. The van der Waals surface area contributed by atoms with E-state index >= 15 is 0 Å². The van der Waals surface area contributed by atoms with Crippen molar-refractivity contribution in [2.24, 2.45) is 0 Å². The molecule has 0 aliphatic carbocycles. The Balaban J connectivity index is 1.94. The molecule has 0 aliphatic rings. The Morgan fingerprint density at radius 2 is 1.56 bits per heavy atom. The number of hydrogen-bond acceptors (Lipinski definition) is 3. The maximum absolute atomic E-state index is 12.5. The second-order valence-corrected chi connectivity index (χ2v) is 5.61. The minimum absolute atomic E-state index is 0.114. The van der Waals surface area contributed by atoms with Crippen molar-refractivity contribution >= 4 is 40.8 Å². The number of esters is 1. The number of halogens is 5. The van der Waals surface area contributed by atoms with Crippen LogP contribution in [0.4, 0.5) is 18.9 Å². The number of rotatable bonds is 4. The number of benzene rings is 2. The largest absolute Gasteiger partial charge is 0.452 e. The summed E-state index contributed by atoms with van der Waals surface area (Å²) in [6.07, 6.45) is -4.50. The number of amides is 1. The smallest absolute Gasteiger partial charge is 0.416 e. The molecule has 0 bridgehead atoms. The molecule has 0 spiro atoms. The molecule has 2 aromatic rings. The highest BCUT2D eigenvalue weighted by Gasteiger charge is 2.30. The van der Waals surface area contributed by atoms with Crippen LogP contribution in [0.1, 0.15) is 15.9 Å². The number of carbonyl (C=O) groups is 2. The van der Waals surface area contributed by atoms with E-state index in [0.717, 1.165) is 24.3 Å². The lowest BCUT2D eigenvalue weighted by Crippen LogP contribution is -2.21. The fourth-order valence-corrected chi connectivity index (χ4v) is 2.29. The third-order valence-electron chi connectivity index (χ3n) is 3.01. The predicted octanol–water partition coefficient (Wildman–Crippen LogP) is 4.81. The molecule has 132 valence electrons. The molecule has 0 saturated heterocycles. The maximum atomic E-state index is 12.5. The number of carbonyl (C=O) groups excluding carboxylic acids is 2. The van der Waals surface area contributed by atoms with Gasteiger partial charge in [-0.1, -0.05) is 29.3 Å². The third kappa shape index (κ3) is 5.11. The van der Waals surface area contributed by atoms with Gasteiger partial charge in [-0.2, -0.15) is 13.2 Å². The van der Waals surface area contributed by atoms with Crippen LogP contribution in [0.25, 0.3) is 0 Å². The summed E-state index contributed by atoms with van der Waals surface area (Å²) >= 11 is 11.8. The highest BCUT2D eigenvalue weighted by molar-refractivity contribution is 6.39. The molecule has 2 rings (SSSR count). The lowest BCUT2D eigenvalue weighted by atomic mass is 10.1. The topological polar surface area (TPSA) is 55.4 Å². The van der Waals surface area contributed by atoms with E-state index in [4.69, 9.17) is 27.9 Å². The molecule has 25 heavy (non-hydrogen) atoms. The van der Waals surface area contributed by atoms with Crippen molar-refractivity contribution in [3.05, 3.63) is 63.6 Å². The molecule has 0 unspecified atom stereocenters. The van der Waals surface area contributed by atoms with Gasteiger partial charge in [0.2, 0.25) is 0 Å². The van der Waals surface area contributed by atoms with E-state index in [1.165, 1.54) is 12.1 Å². The molecule has 0 saturated carbocycles. The maximum Gasteiger partial charge on any atom is 0.416 e. The normalized spacial score (nSPS) is 11.1. The van der Waals surface area contributed by atoms with E-state index in [9.17, 15) is 22.8 Å². The van der Waals surface area contributed by atoms with Crippen LogP contribution in [0, 0.1) is 0 Å². The number of anilines is 1. The van der Waals surface area contributed by atoms with Crippen LogP contribution in [-0.4, -0.2) is 18.5 Å². The lowest BCUT2D eigenvalue weighted by Gasteiger charge is -2.10. The van der Waals surface area contributed by atoms with Crippen molar-refractivity contribution in [1.82, 2.24) is 0 Å². The van der Waals surface area contributed by atoms with E-state index in [1.807, 2.05) is 0 Å². The van der Waals surface area contributed by atoms with E-state index in [2.05, 4.69) is 5.32 Å². The van der Waals surface area contributed by atoms with Crippen LogP contribution >= 0.6 is 23.2 Å². The van der Waals surface area contributed by atoms with Gasteiger partial charge in [-0.05, 0) is 36.4 Å². The van der Waals surface area contributed by atoms with E-state index in [1.54, 1.807) is 6.07 Å². The van der Waals surface area contributed by atoms with Gasteiger partial charge in [-0.3, -0.25) is 4.79 Å². The standard InChI is InChI=1S/C16H10Cl2F3NO3/c17-11-2-1-3-12(18)14(11)22-13(23)8-25-15(24)9-4-6-10(7-5-9)16(19,20)21/h1-7H,8H2,(H,22,23). The van der Waals surface area contributed by atoms with Crippen LogP contribution in [0.3, 0.4) is 0 Å². The zero-order chi connectivity index (χ0) is 18.6. The zero-order valence-corrected chi connectivity index (χ0v) is 13.9. The molecule has 1 N–H and O–H groups in total. The fraction of sp³-hybridized carbons (Fsp3) is 0.125. The van der Waals surface area contributed by atoms with Crippen molar-refractivity contribution in [2.45, 2.75) is 6.18 Å². The summed E-state index contributed by atoms with van der Waals surface area (Å²) in [5, 5.41) is 2.79. The van der Waals surface area contributed by atoms with Crippen LogP contribution in [0.2, 0.25) is 10.0 Å². The van der Waals surface area contributed by atoms with Gasteiger partial charge in [-0.15, -0.1) is 0 Å². The monoisotopic (exact) mass is 391 g/mol. The number of hydrogen-bond donors (Lipinski definition) is 1. The summed E-state index contributed by atoms with van der Waals surface area (Å²) in [5.41, 5.74) is -0.840. The van der Waals surface area contributed by atoms with Gasteiger partial charge in [0.05, 0.1) is 26.9 Å². The third-order valence-corrected chi connectivity index (χ3v) is 3.64. The molecule has 0 aliphatic heterocycles. The minimum Gasteiger partial charge on any atom is -0.452 e. The highest BCUT2D eigenvalue weighted by Crippen LogP contribution is 2.30. The van der Waals surface area contributed by atoms with Gasteiger partial charge < -0.3 is 10.1 Å². The molecule has 0 fully saturated rings. The molecule has 0 atom stereocenters. The summed E-state index contributed by atoms with van der Waals surface area (Å²) < 4.78 is 42.1. The number of ether oxygens (including phenoxy) is 1. The van der Waals surface area contributed by atoms with Crippen LogP contribution < -0.4 is 5.32 Å². The Bertz CT molecular complexity index is 772. The van der Waals surface area contributed by atoms with Crippen molar-refractivity contribution in [3.8, 4) is 0 Å². The Labute approximate surface area is 150 Å². The Morgan fingerprint density at radius 1 is 1.00 bits per heavy atom. The molecule has 4 nitrogen and oxygen atoms in total. The lowest BCUT2D eigenvalue weighted by molar-refractivity contribution is -0.137. The first-order chi connectivity index (χ1) is 11.7. The van der Waals surface area contributed by atoms with Crippen LogP contribution in [0.5, 0.6) is 0 Å². The molecular weight excluding hydrogens is 382 g/mol. The molecule has 9 heteroatoms. The fourth-order valence-electron chi connectivity index (χ4n) is 1.80. The molecule has 1 amide bonds. The molecule has 0 aromatic heterocycles. The van der Waals surface area contributed by atoms with Gasteiger partial charge >= 0.3 is 12.1 Å². The van der Waals surface area contributed by atoms with E-state index < -0.39 is 30.2 Å². The van der Waals surface area contributed by atoms with Gasteiger partial charge in [0.1, 0.15) is 0 Å². The second-order valence-electron chi connectivity index (χ2n) is 4.80. The quantitative estimate of drug-likeness (QED) is 0.761. The SMILES string of the molecule is O=C(COC(=O)c1ccc(C(F)(F)F)cc1)Nc1c(Cl)cccc1Cl. The molecule has 2 aromatic carbocycles. The van der Waals surface area contributed by atoms with E-state index in [0.29, 0.717) is 0 Å². The average molecular weight is 392 g/mol. The summed E-state index contributed by atoms with van der Waals surface area (Å²) in [6, 6.07) is 8.04. The summed E-state index contributed by atoms with van der Waals surface area (Å²) in [6.45, 7) is -0.651. The van der Waals surface area contributed by atoms with Gasteiger partial charge in [0.15, 0.2) is 6.61 Å². The summed E-state index contributed by atoms with van der Waals surface area (Å²) in [5.74, 6) is -1.63. The zero-order valence-electron chi connectivity index (χ0n) is 12.4. The Morgan fingerprint density at radius 3 is 2.08 bits per heavy atom. The van der Waals surface area contributed by atoms with Gasteiger partial charge in [0.25, 0.3) is 5.91 Å². The minimum atomic E-state index is -4.50. The van der Waals surface area contributed by atoms with Crippen molar-refractivity contribution in [3.63, 3.8) is 0 Å². The van der Waals surface area contributed by atoms with Crippen LogP contribution in [0.15, 0.2) is 42.5 Å². The average Bonchev–Trinajstić information content (AvgIpc) is 2.55. The first kappa shape index (κ1) is 19.1. The Kier molecular flexibility index (Phi) is 5.92. The number of nitrogens with one attached hydrogen (secondary N) is 1.